The molecule has 188 valence electrons. The molecule has 2 aliphatic rings. The average Bonchev–Trinajstić information content (AvgIpc) is 3.60. The lowest BCUT2D eigenvalue weighted by atomic mass is 10.00. The molecule has 2 atom stereocenters. The Morgan fingerprint density at radius 3 is 2.67 bits per heavy atom. The molecule has 0 N–H and O–H groups in total. The van der Waals surface area contributed by atoms with Crippen molar-refractivity contribution in [1.82, 2.24) is 9.80 Å². The second-order valence-corrected chi connectivity index (χ2v) is 10.1. The molecule has 0 saturated carbocycles. The van der Waals surface area contributed by atoms with Gasteiger partial charge in [-0.15, -0.1) is 11.3 Å². The largest absolute Gasteiger partial charge is 0.491 e. The van der Waals surface area contributed by atoms with E-state index in [1.54, 1.807) is 40.5 Å². The van der Waals surface area contributed by atoms with E-state index in [1.807, 2.05) is 34.5 Å². The van der Waals surface area contributed by atoms with Crippen LogP contribution in [0.1, 0.15) is 39.7 Å². The quantitative estimate of drug-likeness (QED) is 0.442. The highest BCUT2D eigenvalue weighted by molar-refractivity contribution is 7.10. The zero-order valence-electron chi connectivity index (χ0n) is 20.0. The van der Waals surface area contributed by atoms with E-state index < -0.39 is 0 Å². The van der Waals surface area contributed by atoms with Gasteiger partial charge in [0.15, 0.2) is 0 Å². The summed E-state index contributed by atoms with van der Waals surface area (Å²) in [7, 11) is 0. The molecule has 1 fully saturated rings. The normalized spacial score (nSPS) is 19.1. The van der Waals surface area contributed by atoms with E-state index in [1.165, 1.54) is 17.0 Å². The Hall–Kier alpha value is -3.23. The molecular weight excluding hydrogens is 479 g/mol. The summed E-state index contributed by atoms with van der Waals surface area (Å²) in [5.74, 6) is -0.0783. The van der Waals surface area contributed by atoms with Crippen molar-refractivity contribution >= 4 is 23.2 Å². The number of carbonyl (C=O) groups is 2. The number of thiophene rings is 1. The molecular formula is C28H29FN2O4S. The zero-order valence-corrected chi connectivity index (χ0v) is 20.8. The third-order valence-electron chi connectivity index (χ3n) is 6.72. The third kappa shape index (κ3) is 5.60. The van der Waals surface area contributed by atoms with Crippen LogP contribution in [-0.2, 0) is 16.0 Å². The molecule has 1 aromatic heterocycles. The number of hydrogen-bond acceptors (Lipinski definition) is 5. The number of rotatable bonds is 8. The van der Waals surface area contributed by atoms with Gasteiger partial charge in [-0.3, -0.25) is 9.59 Å². The molecule has 8 heteroatoms. The fourth-order valence-corrected chi connectivity index (χ4v) is 5.78. The van der Waals surface area contributed by atoms with Crippen LogP contribution in [0.2, 0.25) is 0 Å². The van der Waals surface area contributed by atoms with Gasteiger partial charge in [-0.2, -0.15) is 0 Å². The number of fused-ring (bicyclic) bond motifs is 1. The lowest BCUT2D eigenvalue weighted by Crippen LogP contribution is -2.49. The minimum absolute atomic E-state index is 0.0277. The van der Waals surface area contributed by atoms with Gasteiger partial charge in [-0.25, -0.2) is 4.39 Å². The Kier molecular flexibility index (Phi) is 7.63. The maximum Gasteiger partial charge on any atom is 0.254 e. The van der Waals surface area contributed by atoms with Crippen molar-refractivity contribution in [1.29, 1.82) is 0 Å². The number of carbonyl (C=O) groups excluding carboxylic acids is 2. The van der Waals surface area contributed by atoms with Gasteiger partial charge in [0.25, 0.3) is 5.91 Å². The van der Waals surface area contributed by atoms with Crippen LogP contribution in [0.4, 0.5) is 4.39 Å². The molecule has 0 spiro atoms. The summed E-state index contributed by atoms with van der Waals surface area (Å²) in [6.07, 6.45) is 2.54. The monoisotopic (exact) mass is 508 g/mol. The number of nitrogens with zero attached hydrogens (tertiary/aromatic N) is 2. The maximum absolute atomic E-state index is 13.7. The minimum atomic E-state index is -0.327. The highest BCUT2D eigenvalue weighted by Crippen LogP contribution is 2.34. The van der Waals surface area contributed by atoms with Crippen molar-refractivity contribution in [2.24, 2.45) is 0 Å². The molecule has 2 unspecified atom stereocenters. The fraction of sp³-hybridized carbons (Fsp3) is 0.357. The molecule has 0 bridgehead atoms. The smallest absolute Gasteiger partial charge is 0.254 e. The van der Waals surface area contributed by atoms with Crippen LogP contribution in [0.5, 0.6) is 5.75 Å². The Morgan fingerprint density at radius 2 is 1.92 bits per heavy atom. The molecule has 3 aromatic rings. The highest BCUT2D eigenvalue weighted by Gasteiger charge is 2.34. The lowest BCUT2D eigenvalue weighted by molar-refractivity contribution is -0.135. The summed E-state index contributed by atoms with van der Waals surface area (Å²) in [6.45, 7) is 1.84. The molecule has 3 heterocycles. The van der Waals surface area contributed by atoms with Gasteiger partial charge in [0.2, 0.25) is 5.91 Å². The first-order valence-electron chi connectivity index (χ1n) is 12.3. The molecule has 5 rings (SSSR count). The van der Waals surface area contributed by atoms with Gasteiger partial charge >= 0.3 is 0 Å². The van der Waals surface area contributed by atoms with E-state index in [2.05, 4.69) is 0 Å². The van der Waals surface area contributed by atoms with Crippen molar-refractivity contribution in [3.8, 4) is 5.75 Å². The lowest BCUT2D eigenvalue weighted by Gasteiger charge is -2.37. The van der Waals surface area contributed by atoms with Crippen molar-refractivity contribution in [3.05, 3.63) is 87.9 Å². The van der Waals surface area contributed by atoms with Crippen molar-refractivity contribution in [3.63, 3.8) is 0 Å². The van der Waals surface area contributed by atoms with Crippen LogP contribution in [0, 0.1) is 5.82 Å². The summed E-state index contributed by atoms with van der Waals surface area (Å²) in [5, 5.41) is 2.03. The van der Waals surface area contributed by atoms with Crippen molar-refractivity contribution in [2.75, 3.05) is 32.8 Å². The van der Waals surface area contributed by atoms with E-state index in [9.17, 15) is 14.0 Å². The van der Waals surface area contributed by atoms with Gasteiger partial charge in [0.1, 0.15) is 24.7 Å². The molecule has 0 radical (unpaired) electrons. The Morgan fingerprint density at radius 1 is 1.11 bits per heavy atom. The SMILES string of the molecule is O=C(c1ccccc1)N(CC(=O)N1CCc2sccc2C1COc1ccc(F)cc1)CC1CCCO1. The first-order chi connectivity index (χ1) is 17.6. The summed E-state index contributed by atoms with van der Waals surface area (Å²) >= 11 is 1.68. The Bertz CT molecular complexity index is 1180. The number of amides is 2. The predicted molar refractivity (Wildman–Crippen MR) is 136 cm³/mol. The highest BCUT2D eigenvalue weighted by atomic mass is 32.1. The molecule has 2 aliphatic heterocycles. The van der Waals surface area contributed by atoms with Crippen LogP contribution in [-0.4, -0.2) is 60.6 Å². The summed E-state index contributed by atoms with van der Waals surface area (Å²) in [4.78, 5) is 31.8. The molecule has 2 amide bonds. The molecule has 6 nitrogen and oxygen atoms in total. The third-order valence-corrected chi connectivity index (χ3v) is 7.72. The Balaban J connectivity index is 1.34. The van der Waals surface area contributed by atoms with Crippen LogP contribution in [0.3, 0.4) is 0 Å². The zero-order chi connectivity index (χ0) is 24.9. The molecule has 36 heavy (non-hydrogen) atoms. The van der Waals surface area contributed by atoms with Crippen molar-refractivity contribution in [2.45, 2.75) is 31.4 Å². The van der Waals surface area contributed by atoms with Gasteiger partial charge in [0.05, 0.1) is 12.1 Å². The molecule has 0 aliphatic carbocycles. The maximum atomic E-state index is 13.7. The van der Waals surface area contributed by atoms with E-state index in [4.69, 9.17) is 9.47 Å². The molecule has 2 aromatic carbocycles. The Labute approximate surface area is 214 Å². The van der Waals surface area contributed by atoms with Gasteiger partial charge in [0, 0.05) is 30.1 Å². The molecule has 1 saturated heterocycles. The van der Waals surface area contributed by atoms with E-state index in [0.29, 0.717) is 31.0 Å². The van der Waals surface area contributed by atoms with Crippen LogP contribution >= 0.6 is 11.3 Å². The van der Waals surface area contributed by atoms with Gasteiger partial charge in [-0.1, -0.05) is 18.2 Å². The minimum Gasteiger partial charge on any atom is -0.491 e. The first kappa shape index (κ1) is 24.5. The topological polar surface area (TPSA) is 59.1 Å². The summed E-state index contributed by atoms with van der Waals surface area (Å²) < 4.78 is 25.1. The van der Waals surface area contributed by atoms with Crippen LogP contribution in [0.15, 0.2) is 66.0 Å². The van der Waals surface area contributed by atoms with Crippen LogP contribution < -0.4 is 4.74 Å². The van der Waals surface area contributed by atoms with E-state index >= 15 is 0 Å². The van der Waals surface area contributed by atoms with Crippen molar-refractivity contribution < 1.29 is 23.5 Å². The van der Waals surface area contributed by atoms with Crippen LogP contribution in [0.25, 0.3) is 0 Å². The summed E-state index contributed by atoms with van der Waals surface area (Å²) in [6, 6.07) is 16.7. The summed E-state index contributed by atoms with van der Waals surface area (Å²) in [5.41, 5.74) is 1.63. The number of ether oxygens (including phenoxy) is 2. The van der Waals surface area contributed by atoms with Gasteiger partial charge in [-0.05, 0) is 72.7 Å². The number of hydrogen-bond donors (Lipinski definition) is 0. The first-order valence-corrected chi connectivity index (χ1v) is 13.2. The second-order valence-electron chi connectivity index (χ2n) is 9.10. The standard InChI is InChI=1S/C28H29FN2O4S/c29-21-8-10-22(11-9-21)35-19-25-24-13-16-36-26(24)12-14-31(25)27(32)18-30(17-23-7-4-15-34-23)28(33)20-5-2-1-3-6-20/h1-3,5-6,8-11,13,16,23,25H,4,7,12,14-15,17-19H2. The fourth-order valence-electron chi connectivity index (χ4n) is 4.85. The van der Waals surface area contributed by atoms with Gasteiger partial charge < -0.3 is 19.3 Å². The van der Waals surface area contributed by atoms with E-state index in [-0.39, 0.29) is 42.9 Å². The predicted octanol–water partition coefficient (Wildman–Crippen LogP) is 4.71. The average molecular weight is 509 g/mol. The second kappa shape index (κ2) is 11.2. The number of halogens is 1. The number of benzene rings is 2. The van der Waals surface area contributed by atoms with E-state index in [0.717, 1.165) is 24.8 Å².